The number of nitrogens with zero attached hydrogens (tertiary/aromatic N) is 1. The summed E-state index contributed by atoms with van der Waals surface area (Å²) in [6.07, 6.45) is 0. The predicted molar refractivity (Wildman–Crippen MR) is 80.6 cm³/mol. The van der Waals surface area contributed by atoms with Crippen LogP contribution < -0.4 is 0 Å². The van der Waals surface area contributed by atoms with Gasteiger partial charge in [0, 0.05) is 21.0 Å². The van der Waals surface area contributed by atoms with Gasteiger partial charge in [0.1, 0.15) is 10.8 Å². The minimum Gasteiger partial charge on any atom is -0.236 e. The lowest BCUT2D eigenvalue weighted by molar-refractivity contribution is 0.630. The van der Waals surface area contributed by atoms with Crippen molar-refractivity contribution < 1.29 is 4.39 Å². The molecule has 0 atom stereocenters. The van der Waals surface area contributed by atoms with Crippen molar-refractivity contribution in [3.63, 3.8) is 0 Å². The first-order valence-electron chi connectivity index (χ1n) is 5.70. The van der Waals surface area contributed by atoms with E-state index in [0.717, 1.165) is 15.7 Å². The Morgan fingerprint density at radius 2 is 1.84 bits per heavy atom. The van der Waals surface area contributed by atoms with Crippen LogP contribution in [0.5, 0.6) is 0 Å². The van der Waals surface area contributed by atoms with E-state index in [1.807, 2.05) is 41.8 Å². The molecule has 94 valence electrons. The summed E-state index contributed by atoms with van der Waals surface area (Å²) < 4.78 is 14.6. The van der Waals surface area contributed by atoms with Gasteiger partial charge in [-0.25, -0.2) is 9.37 Å². The van der Waals surface area contributed by atoms with E-state index in [0.29, 0.717) is 10.6 Å². The standard InChI is InChI=1S/C15H9BrFNS/c16-11-6-7-12(13(17)8-11)15-18-14(9-19-15)10-4-2-1-3-5-10/h1-9H. The van der Waals surface area contributed by atoms with Gasteiger partial charge in [0.05, 0.1) is 5.69 Å². The zero-order valence-electron chi connectivity index (χ0n) is 9.81. The third-order valence-corrected chi connectivity index (χ3v) is 4.10. The van der Waals surface area contributed by atoms with Gasteiger partial charge < -0.3 is 0 Å². The van der Waals surface area contributed by atoms with Crippen LogP contribution in [0.1, 0.15) is 0 Å². The molecule has 3 rings (SSSR count). The summed E-state index contributed by atoms with van der Waals surface area (Å²) in [6, 6.07) is 14.9. The second-order valence-corrected chi connectivity index (χ2v) is 5.80. The fourth-order valence-corrected chi connectivity index (χ4v) is 2.99. The van der Waals surface area contributed by atoms with Gasteiger partial charge in [0.25, 0.3) is 0 Å². The molecule has 4 heteroatoms. The van der Waals surface area contributed by atoms with E-state index in [4.69, 9.17) is 0 Å². The van der Waals surface area contributed by atoms with Crippen LogP contribution in [0, 0.1) is 5.82 Å². The van der Waals surface area contributed by atoms with E-state index < -0.39 is 0 Å². The molecule has 0 saturated carbocycles. The molecular weight excluding hydrogens is 325 g/mol. The molecule has 0 amide bonds. The molecule has 0 spiro atoms. The summed E-state index contributed by atoms with van der Waals surface area (Å²) >= 11 is 4.70. The second-order valence-electron chi connectivity index (χ2n) is 4.03. The van der Waals surface area contributed by atoms with Crippen LogP contribution in [0.25, 0.3) is 21.8 Å². The fraction of sp³-hybridized carbons (Fsp3) is 0. The molecule has 1 aromatic heterocycles. The molecule has 0 aliphatic heterocycles. The Morgan fingerprint density at radius 1 is 1.05 bits per heavy atom. The van der Waals surface area contributed by atoms with Crippen molar-refractivity contribution in [2.45, 2.75) is 0 Å². The molecule has 3 aromatic rings. The van der Waals surface area contributed by atoms with Gasteiger partial charge in [-0.3, -0.25) is 0 Å². The van der Waals surface area contributed by atoms with E-state index in [1.54, 1.807) is 6.07 Å². The van der Waals surface area contributed by atoms with Crippen molar-refractivity contribution in [2.75, 3.05) is 0 Å². The predicted octanol–water partition coefficient (Wildman–Crippen LogP) is 5.38. The van der Waals surface area contributed by atoms with Crippen molar-refractivity contribution in [2.24, 2.45) is 0 Å². The Morgan fingerprint density at radius 3 is 2.58 bits per heavy atom. The molecule has 0 saturated heterocycles. The molecule has 1 heterocycles. The zero-order chi connectivity index (χ0) is 13.2. The summed E-state index contributed by atoms with van der Waals surface area (Å²) in [5, 5.41) is 2.65. The highest BCUT2D eigenvalue weighted by atomic mass is 79.9. The van der Waals surface area contributed by atoms with Crippen molar-refractivity contribution >= 4 is 27.3 Å². The number of benzene rings is 2. The fourth-order valence-electron chi connectivity index (χ4n) is 1.80. The molecular formula is C15H9BrFNS. The Labute approximate surface area is 122 Å². The number of hydrogen-bond acceptors (Lipinski definition) is 2. The first-order chi connectivity index (χ1) is 9.24. The lowest BCUT2D eigenvalue weighted by Crippen LogP contribution is -1.84. The van der Waals surface area contributed by atoms with Gasteiger partial charge in [0.2, 0.25) is 0 Å². The smallest absolute Gasteiger partial charge is 0.134 e. The summed E-state index contributed by atoms with van der Waals surface area (Å²) in [7, 11) is 0. The maximum atomic E-state index is 13.9. The van der Waals surface area contributed by atoms with Gasteiger partial charge in [-0.2, -0.15) is 0 Å². The van der Waals surface area contributed by atoms with E-state index in [2.05, 4.69) is 20.9 Å². The highest BCUT2D eigenvalue weighted by Crippen LogP contribution is 2.31. The van der Waals surface area contributed by atoms with E-state index >= 15 is 0 Å². The Bertz CT molecular complexity index is 709. The number of rotatable bonds is 2. The van der Waals surface area contributed by atoms with Crippen LogP contribution in [0.2, 0.25) is 0 Å². The van der Waals surface area contributed by atoms with Crippen molar-refractivity contribution in [1.82, 2.24) is 4.98 Å². The highest BCUT2D eigenvalue weighted by Gasteiger charge is 2.10. The average Bonchev–Trinajstić information content (AvgIpc) is 2.89. The summed E-state index contributed by atoms with van der Waals surface area (Å²) in [5.41, 5.74) is 2.46. The van der Waals surface area contributed by atoms with Crippen LogP contribution in [0.3, 0.4) is 0 Å². The number of aromatic nitrogens is 1. The number of halogens is 2. The SMILES string of the molecule is Fc1cc(Br)ccc1-c1nc(-c2ccccc2)cs1. The second kappa shape index (κ2) is 5.23. The minimum atomic E-state index is -0.261. The third kappa shape index (κ3) is 2.60. The molecule has 1 nitrogen and oxygen atoms in total. The first-order valence-corrected chi connectivity index (χ1v) is 7.38. The number of hydrogen-bond donors (Lipinski definition) is 0. The third-order valence-electron chi connectivity index (χ3n) is 2.74. The maximum absolute atomic E-state index is 13.9. The van der Waals surface area contributed by atoms with Crippen molar-refractivity contribution in [3.8, 4) is 21.8 Å². The zero-order valence-corrected chi connectivity index (χ0v) is 12.2. The Kier molecular flexibility index (Phi) is 3.44. The van der Waals surface area contributed by atoms with Gasteiger partial charge >= 0.3 is 0 Å². The van der Waals surface area contributed by atoms with E-state index in [1.165, 1.54) is 17.4 Å². The maximum Gasteiger partial charge on any atom is 0.134 e. The molecule has 0 aliphatic rings. The molecule has 0 unspecified atom stereocenters. The van der Waals surface area contributed by atoms with Crippen molar-refractivity contribution in [1.29, 1.82) is 0 Å². The molecule has 0 N–H and O–H groups in total. The van der Waals surface area contributed by atoms with E-state index in [-0.39, 0.29) is 5.82 Å². The van der Waals surface area contributed by atoms with Crippen molar-refractivity contribution in [3.05, 3.63) is 64.2 Å². The highest BCUT2D eigenvalue weighted by molar-refractivity contribution is 9.10. The van der Waals surface area contributed by atoms with Crippen LogP contribution in [0.15, 0.2) is 58.4 Å². The lowest BCUT2D eigenvalue weighted by Gasteiger charge is -1.99. The first kappa shape index (κ1) is 12.5. The summed E-state index contributed by atoms with van der Waals surface area (Å²) in [4.78, 5) is 4.50. The van der Waals surface area contributed by atoms with E-state index in [9.17, 15) is 4.39 Å². The normalized spacial score (nSPS) is 10.6. The summed E-state index contributed by atoms with van der Waals surface area (Å²) in [5.74, 6) is -0.261. The quantitative estimate of drug-likeness (QED) is 0.613. The largest absolute Gasteiger partial charge is 0.236 e. The van der Waals surface area contributed by atoms with Gasteiger partial charge in [0.15, 0.2) is 0 Å². The van der Waals surface area contributed by atoms with Crippen LogP contribution >= 0.6 is 27.3 Å². The minimum absolute atomic E-state index is 0.261. The summed E-state index contributed by atoms with van der Waals surface area (Å²) in [6.45, 7) is 0. The van der Waals surface area contributed by atoms with Crippen LogP contribution in [-0.2, 0) is 0 Å². The van der Waals surface area contributed by atoms with Crippen LogP contribution in [-0.4, -0.2) is 4.98 Å². The Balaban J connectivity index is 2.02. The average molecular weight is 334 g/mol. The van der Waals surface area contributed by atoms with Gasteiger partial charge in [-0.15, -0.1) is 11.3 Å². The van der Waals surface area contributed by atoms with Crippen LogP contribution in [0.4, 0.5) is 4.39 Å². The van der Waals surface area contributed by atoms with Gasteiger partial charge in [-0.05, 0) is 18.2 Å². The number of thiazole rings is 1. The molecule has 0 radical (unpaired) electrons. The topological polar surface area (TPSA) is 12.9 Å². The molecule has 0 bridgehead atoms. The molecule has 0 fully saturated rings. The monoisotopic (exact) mass is 333 g/mol. The molecule has 19 heavy (non-hydrogen) atoms. The molecule has 0 aliphatic carbocycles. The Hall–Kier alpha value is -1.52. The van der Waals surface area contributed by atoms with Gasteiger partial charge in [-0.1, -0.05) is 46.3 Å². The molecule has 2 aromatic carbocycles. The lowest BCUT2D eigenvalue weighted by atomic mass is 10.2.